The van der Waals surface area contributed by atoms with Crippen LogP contribution >= 0.6 is 0 Å². The van der Waals surface area contributed by atoms with Crippen molar-refractivity contribution in [3.05, 3.63) is 29.3 Å². The van der Waals surface area contributed by atoms with Crippen molar-refractivity contribution in [2.24, 2.45) is 0 Å². The van der Waals surface area contributed by atoms with Crippen molar-refractivity contribution < 1.29 is 14.3 Å². The highest BCUT2D eigenvalue weighted by molar-refractivity contribution is 5.94. The number of carbonyl (C=O) groups is 2. The minimum Gasteiger partial charge on any atom is -0.379 e. The summed E-state index contributed by atoms with van der Waals surface area (Å²) in [4.78, 5) is 31.4. The molecule has 2 aliphatic rings. The molecule has 0 atom stereocenters. The molecular weight excluding hydrogens is 368 g/mol. The van der Waals surface area contributed by atoms with Crippen LogP contribution < -0.4 is 5.32 Å². The third kappa shape index (κ3) is 6.01. The van der Waals surface area contributed by atoms with E-state index in [0.29, 0.717) is 39.4 Å². The Morgan fingerprint density at radius 3 is 2.07 bits per heavy atom. The van der Waals surface area contributed by atoms with Gasteiger partial charge in [-0.3, -0.25) is 19.4 Å². The zero-order valence-electron chi connectivity index (χ0n) is 17.8. The van der Waals surface area contributed by atoms with E-state index in [1.54, 1.807) is 0 Å². The number of para-hydroxylation sites is 1. The molecule has 3 rings (SSSR count). The summed E-state index contributed by atoms with van der Waals surface area (Å²) in [6.45, 7) is 10.9. The molecule has 0 aromatic heterocycles. The Morgan fingerprint density at radius 2 is 1.48 bits per heavy atom. The number of aryl methyl sites for hydroxylation is 2. The fraction of sp³-hybridized carbons (Fsp3) is 0.636. The molecule has 2 fully saturated rings. The minimum atomic E-state index is 0.0219. The van der Waals surface area contributed by atoms with Crippen LogP contribution in [-0.2, 0) is 27.2 Å². The maximum Gasteiger partial charge on any atom is 0.238 e. The maximum absolute atomic E-state index is 12.6. The van der Waals surface area contributed by atoms with E-state index < -0.39 is 0 Å². The Morgan fingerprint density at radius 1 is 0.897 bits per heavy atom. The number of nitrogens with zero attached hydrogens (tertiary/aromatic N) is 3. The summed E-state index contributed by atoms with van der Waals surface area (Å²) in [6.07, 6.45) is 1.79. The molecule has 2 heterocycles. The molecule has 1 N–H and O–H groups in total. The molecule has 1 aromatic rings. The molecular formula is C22H34N4O3. The van der Waals surface area contributed by atoms with Crippen LogP contribution in [0, 0.1) is 0 Å². The molecule has 7 nitrogen and oxygen atoms in total. The molecule has 160 valence electrons. The number of ether oxygens (including phenoxy) is 1. The number of piperazine rings is 1. The van der Waals surface area contributed by atoms with E-state index in [1.165, 1.54) is 11.1 Å². The van der Waals surface area contributed by atoms with Gasteiger partial charge in [-0.05, 0) is 24.0 Å². The Bertz CT molecular complexity index is 673. The fourth-order valence-electron chi connectivity index (χ4n) is 3.99. The molecule has 1 aromatic carbocycles. The fourth-order valence-corrected chi connectivity index (χ4v) is 3.99. The molecule has 0 aliphatic carbocycles. The number of nitrogens with one attached hydrogen (secondary N) is 1. The van der Waals surface area contributed by atoms with Gasteiger partial charge in [-0.15, -0.1) is 0 Å². The van der Waals surface area contributed by atoms with Gasteiger partial charge >= 0.3 is 0 Å². The highest BCUT2D eigenvalue weighted by Gasteiger charge is 2.24. The van der Waals surface area contributed by atoms with Gasteiger partial charge in [0.15, 0.2) is 0 Å². The predicted molar refractivity (Wildman–Crippen MR) is 114 cm³/mol. The van der Waals surface area contributed by atoms with Gasteiger partial charge in [0.05, 0.1) is 26.3 Å². The third-order valence-corrected chi connectivity index (χ3v) is 5.82. The standard InChI is InChI=1S/C22H34N4O3/c1-3-18-6-5-7-19(4-2)22(18)23-20(27)16-24-8-10-26(11-9-24)21(28)17-25-12-14-29-15-13-25/h5-7H,3-4,8-17H2,1-2H3,(H,23,27). The summed E-state index contributed by atoms with van der Waals surface area (Å²) in [5.41, 5.74) is 3.33. The van der Waals surface area contributed by atoms with Crippen LogP contribution in [0.25, 0.3) is 0 Å². The van der Waals surface area contributed by atoms with Crippen LogP contribution in [0.15, 0.2) is 18.2 Å². The first kappa shape index (κ1) is 21.7. The quantitative estimate of drug-likeness (QED) is 0.743. The van der Waals surface area contributed by atoms with Gasteiger partial charge in [0.2, 0.25) is 11.8 Å². The van der Waals surface area contributed by atoms with Crippen molar-refractivity contribution in [2.75, 3.05) is 70.9 Å². The lowest BCUT2D eigenvalue weighted by Crippen LogP contribution is -2.53. The van der Waals surface area contributed by atoms with E-state index in [0.717, 1.165) is 44.7 Å². The summed E-state index contributed by atoms with van der Waals surface area (Å²) in [5.74, 6) is 0.203. The van der Waals surface area contributed by atoms with Crippen molar-refractivity contribution >= 4 is 17.5 Å². The Labute approximate surface area is 174 Å². The van der Waals surface area contributed by atoms with Crippen molar-refractivity contribution in [2.45, 2.75) is 26.7 Å². The average Bonchev–Trinajstić information content (AvgIpc) is 2.75. The number of rotatable bonds is 7. The van der Waals surface area contributed by atoms with Crippen molar-refractivity contribution in [3.63, 3.8) is 0 Å². The van der Waals surface area contributed by atoms with Gasteiger partial charge in [0.25, 0.3) is 0 Å². The molecule has 2 aliphatic heterocycles. The van der Waals surface area contributed by atoms with Crippen molar-refractivity contribution in [1.29, 1.82) is 0 Å². The monoisotopic (exact) mass is 402 g/mol. The summed E-state index contributed by atoms with van der Waals surface area (Å²) in [7, 11) is 0. The van der Waals surface area contributed by atoms with E-state index in [1.807, 2.05) is 4.90 Å². The van der Waals surface area contributed by atoms with Gasteiger partial charge in [0, 0.05) is 45.0 Å². The van der Waals surface area contributed by atoms with Crippen LogP contribution in [0.1, 0.15) is 25.0 Å². The lowest BCUT2D eigenvalue weighted by atomic mass is 10.0. The van der Waals surface area contributed by atoms with E-state index in [4.69, 9.17) is 4.74 Å². The molecule has 7 heteroatoms. The minimum absolute atomic E-state index is 0.0219. The number of hydrogen-bond acceptors (Lipinski definition) is 5. The Hall–Kier alpha value is -1.96. The largest absolute Gasteiger partial charge is 0.379 e. The molecule has 2 amide bonds. The number of anilines is 1. The predicted octanol–water partition coefficient (Wildman–Crippen LogP) is 1.23. The first-order valence-electron chi connectivity index (χ1n) is 10.8. The smallest absolute Gasteiger partial charge is 0.238 e. The average molecular weight is 403 g/mol. The van der Waals surface area contributed by atoms with Crippen molar-refractivity contribution in [3.8, 4) is 0 Å². The molecule has 0 radical (unpaired) electrons. The van der Waals surface area contributed by atoms with Gasteiger partial charge in [-0.2, -0.15) is 0 Å². The van der Waals surface area contributed by atoms with E-state index in [9.17, 15) is 9.59 Å². The Balaban J connectivity index is 1.46. The number of morpholine rings is 1. The van der Waals surface area contributed by atoms with Crippen LogP contribution in [0.3, 0.4) is 0 Å². The molecule has 29 heavy (non-hydrogen) atoms. The number of benzene rings is 1. The normalized spacial score (nSPS) is 18.6. The van der Waals surface area contributed by atoms with Gasteiger partial charge in [0.1, 0.15) is 0 Å². The van der Waals surface area contributed by atoms with Gasteiger partial charge < -0.3 is 15.0 Å². The first-order chi connectivity index (χ1) is 14.1. The zero-order chi connectivity index (χ0) is 20.6. The summed E-state index contributed by atoms with van der Waals surface area (Å²) >= 11 is 0. The summed E-state index contributed by atoms with van der Waals surface area (Å²) < 4.78 is 5.34. The van der Waals surface area contributed by atoms with Gasteiger partial charge in [-0.1, -0.05) is 32.0 Å². The van der Waals surface area contributed by atoms with Crippen LogP contribution in [0.2, 0.25) is 0 Å². The Kier molecular flexibility index (Phi) is 8.03. The van der Waals surface area contributed by atoms with Crippen LogP contribution in [0.5, 0.6) is 0 Å². The lowest BCUT2D eigenvalue weighted by Gasteiger charge is -2.36. The van der Waals surface area contributed by atoms with E-state index in [-0.39, 0.29) is 11.8 Å². The van der Waals surface area contributed by atoms with Crippen LogP contribution in [0.4, 0.5) is 5.69 Å². The molecule has 0 spiro atoms. The first-order valence-corrected chi connectivity index (χ1v) is 10.8. The highest BCUT2D eigenvalue weighted by Crippen LogP contribution is 2.22. The molecule has 2 saturated heterocycles. The summed E-state index contributed by atoms with van der Waals surface area (Å²) in [5, 5.41) is 3.14. The molecule has 0 unspecified atom stereocenters. The highest BCUT2D eigenvalue weighted by atomic mass is 16.5. The number of hydrogen-bond donors (Lipinski definition) is 1. The van der Waals surface area contributed by atoms with E-state index >= 15 is 0 Å². The second-order valence-corrected chi connectivity index (χ2v) is 7.75. The third-order valence-electron chi connectivity index (χ3n) is 5.82. The summed E-state index contributed by atoms with van der Waals surface area (Å²) in [6, 6.07) is 6.21. The van der Waals surface area contributed by atoms with E-state index in [2.05, 4.69) is 47.2 Å². The van der Waals surface area contributed by atoms with Crippen molar-refractivity contribution in [1.82, 2.24) is 14.7 Å². The topological polar surface area (TPSA) is 65.1 Å². The second-order valence-electron chi connectivity index (χ2n) is 7.75. The zero-order valence-corrected chi connectivity index (χ0v) is 17.8. The number of carbonyl (C=O) groups excluding carboxylic acids is 2. The second kappa shape index (κ2) is 10.7. The molecule has 0 saturated carbocycles. The SMILES string of the molecule is CCc1cccc(CC)c1NC(=O)CN1CCN(C(=O)CN2CCOCC2)CC1. The van der Waals surface area contributed by atoms with Gasteiger partial charge in [-0.25, -0.2) is 0 Å². The lowest BCUT2D eigenvalue weighted by molar-refractivity contribution is -0.135. The van der Waals surface area contributed by atoms with Crippen LogP contribution in [-0.4, -0.2) is 92.1 Å². The number of amides is 2. The maximum atomic E-state index is 12.6. The molecule has 0 bridgehead atoms.